The van der Waals surface area contributed by atoms with Crippen LogP contribution in [0.15, 0.2) is 30.3 Å². The third-order valence-electron chi connectivity index (χ3n) is 6.24. The van der Waals surface area contributed by atoms with Gasteiger partial charge in [-0.1, -0.05) is 59.7 Å². The van der Waals surface area contributed by atoms with E-state index in [9.17, 15) is 10.2 Å². The number of hydrogen-bond acceptors (Lipinski definition) is 4. The predicted molar refractivity (Wildman–Crippen MR) is 105 cm³/mol. The van der Waals surface area contributed by atoms with Crippen LogP contribution >= 0.6 is 0 Å². The lowest BCUT2D eigenvalue weighted by Gasteiger charge is -2.61. The average Bonchev–Trinajstić information content (AvgIpc) is 2.54. The van der Waals surface area contributed by atoms with E-state index in [-0.39, 0.29) is 16.6 Å². The summed E-state index contributed by atoms with van der Waals surface area (Å²) in [4.78, 5) is 0. The Bertz CT molecular complexity index is 658. The lowest BCUT2D eigenvalue weighted by Crippen LogP contribution is -2.61. The maximum atomic E-state index is 11.7. The Kier molecular flexibility index (Phi) is 5.37. The van der Waals surface area contributed by atoms with Crippen LogP contribution in [-0.4, -0.2) is 36.3 Å². The lowest BCUT2D eigenvalue weighted by atomic mass is 9.46. The largest absolute Gasteiger partial charge is 0.507 e. The smallest absolute Gasteiger partial charge is 0.188 e. The third kappa shape index (κ3) is 3.08. The van der Waals surface area contributed by atoms with E-state index in [4.69, 9.17) is 9.47 Å². The number of aromatic hydroxyl groups is 1. The van der Waals surface area contributed by atoms with Crippen LogP contribution in [0.2, 0.25) is 0 Å². The van der Waals surface area contributed by atoms with Crippen molar-refractivity contribution < 1.29 is 19.7 Å². The van der Waals surface area contributed by atoms with Crippen LogP contribution in [0.5, 0.6) is 5.75 Å². The number of ether oxygens (including phenoxy) is 2. The topological polar surface area (TPSA) is 58.9 Å². The van der Waals surface area contributed by atoms with Crippen LogP contribution in [0.1, 0.15) is 53.5 Å². The molecule has 0 bridgehead atoms. The normalized spacial score (nSPS) is 22.8. The first-order valence-electron chi connectivity index (χ1n) is 9.15. The first-order valence-corrected chi connectivity index (χ1v) is 9.15. The number of hydrogen-bond donors (Lipinski definition) is 2. The van der Waals surface area contributed by atoms with Gasteiger partial charge in [0.2, 0.25) is 0 Å². The monoisotopic (exact) mass is 362 g/mol. The highest BCUT2D eigenvalue weighted by atomic mass is 16.7. The zero-order chi connectivity index (χ0) is 20.0. The van der Waals surface area contributed by atoms with E-state index in [1.54, 1.807) is 26.4 Å². The van der Waals surface area contributed by atoms with Gasteiger partial charge in [-0.3, -0.25) is 0 Å². The summed E-state index contributed by atoms with van der Waals surface area (Å²) in [7, 11) is 3.24. The Balaban J connectivity index is 2.84. The maximum Gasteiger partial charge on any atom is 0.188 e. The molecule has 0 heterocycles. The zero-order valence-electron chi connectivity index (χ0n) is 17.4. The number of benzene rings is 1. The van der Waals surface area contributed by atoms with Crippen LogP contribution in [-0.2, 0) is 9.47 Å². The van der Waals surface area contributed by atoms with E-state index in [1.165, 1.54) is 0 Å². The first kappa shape index (κ1) is 20.9. The van der Waals surface area contributed by atoms with Crippen molar-refractivity contribution in [2.45, 2.75) is 59.9 Å². The molecule has 26 heavy (non-hydrogen) atoms. The quantitative estimate of drug-likeness (QED) is 0.771. The van der Waals surface area contributed by atoms with Crippen LogP contribution in [0.4, 0.5) is 0 Å². The summed E-state index contributed by atoms with van der Waals surface area (Å²) in [5.74, 6) is -0.838. The van der Waals surface area contributed by atoms with Crippen LogP contribution in [0.3, 0.4) is 0 Å². The molecule has 1 aromatic rings. The molecule has 1 aliphatic rings. The van der Waals surface area contributed by atoms with E-state index in [0.29, 0.717) is 17.6 Å². The predicted octanol–water partition coefficient (Wildman–Crippen LogP) is 4.61. The molecule has 0 spiro atoms. The number of phenols is 1. The molecule has 0 amide bonds. The summed E-state index contributed by atoms with van der Waals surface area (Å²) in [6, 6.07) is 7.08. The van der Waals surface area contributed by atoms with Gasteiger partial charge < -0.3 is 19.7 Å². The highest BCUT2D eigenvalue weighted by molar-refractivity contribution is 5.75. The Hall–Kier alpha value is -1.36. The molecule has 4 nitrogen and oxygen atoms in total. The number of methoxy groups -OCH3 is 2. The fourth-order valence-electron chi connectivity index (χ4n) is 4.88. The fraction of sp³-hybridized carbons (Fsp3) is 0.636. The summed E-state index contributed by atoms with van der Waals surface area (Å²) < 4.78 is 11.6. The van der Waals surface area contributed by atoms with Crippen molar-refractivity contribution in [2.24, 2.45) is 16.2 Å². The second kappa shape index (κ2) is 6.66. The number of aliphatic hydroxyl groups excluding tert-OH is 1. The molecule has 0 aliphatic heterocycles. The molecule has 1 unspecified atom stereocenters. The van der Waals surface area contributed by atoms with Gasteiger partial charge in [-0.2, -0.15) is 0 Å². The van der Waals surface area contributed by atoms with E-state index < -0.39 is 17.3 Å². The van der Waals surface area contributed by atoms with E-state index in [0.717, 1.165) is 0 Å². The highest BCUT2D eigenvalue weighted by Gasteiger charge is 2.62. The van der Waals surface area contributed by atoms with Gasteiger partial charge in [-0.15, -0.1) is 0 Å². The third-order valence-corrected chi connectivity index (χ3v) is 6.24. The minimum atomic E-state index is -0.975. The van der Waals surface area contributed by atoms with E-state index in [2.05, 4.69) is 41.5 Å². The Morgan fingerprint density at radius 1 is 0.962 bits per heavy atom. The van der Waals surface area contributed by atoms with Gasteiger partial charge in [0, 0.05) is 31.6 Å². The van der Waals surface area contributed by atoms with Crippen molar-refractivity contribution in [3.05, 3.63) is 35.9 Å². The van der Waals surface area contributed by atoms with Gasteiger partial charge in [0.15, 0.2) is 5.79 Å². The van der Waals surface area contributed by atoms with Gasteiger partial charge in [0.25, 0.3) is 0 Å². The zero-order valence-corrected chi connectivity index (χ0v) is 17.4. The van der Waals surface area contributed by atoms with Gasteiger partial charge in [0.05, 0.1) is 6.10 Å². The standard InChI is InChI=1S/C22H34O4/c1-19(2,3)22(20(4,5)6)14-21(25-7,26-8)13-16(18(22)24)15-11-9-10-12-17(15)23/h9-13,18,23-24H,14H2,1-8H3. The Morgan fingerprint density at radius 3 is 1.88 bits per heavy atom. The molecule has 146 valence electrons. The summed E-state index contributed by atoms with van der Waals surface area (Å²) in [6.07, 6.45) is 1.55. The van der Waals surface area contributed by atoms with Crippen LogP contribution < -0.4 is 0 Å². The van der Waals surface area contributed by atoms with Crippen molar-refractivity contribution in [1.82, 2.24) is 0 Å². The molecule has 0 saturated carbocycles. The number of rotatable bonds is 3. The van der Waals surface area contributed by atoms with Crippen molar-refractivity contribution in [1.29, 1.82) is 0 Å². The molecule has 1 aliphatic carbocycles. The summed E-state index contributed by atoms with van der Waals surface area (Å²) >= 11 is 0. The second-order valence-corrected chi connectivity index (χ2v) is 9.39. The number of para-hydroxylation sites is 1. The van der Waals surface area contributed by atoms with Crippen molar-refractivity contribution in [3.8, 4) is 5.75 Å². The Labute approximate surface area is 157 Å². The Morgan fingerprint density at radius 2 is 1.46 bits per heavy atom. The molecule has 0 fully saturated rings. The average molecular weight is 363 g/mol. The molecule has 0 aromatic heterocycles. The SMILES string of the molecule is COC1(OC)C=C(c2ccccc2O)C(O)C(C(C)(C)C)(C(C)(C)C)C1. The van der Waals surface area contributed by atoms with Gasteiger partial charge >= 0.3 is 0 Å². The molecule has 1 aromatic carbocycles. The number of aliphatic hydroxyl groups is 1. The molecule has 4 heteroatoms. The first-order chi connectivity index (χ1) is 11.9. The second-order valence-electron chi connectivity index (χ2n) is 9.39. The van der Waals surface area contributed by atoms with Crippen LogP contribution in [0.25, 0.3) is 5.57 Å². The molecule has 2 rings (SSSR count). The van der Waals surface area contributed by atoms with Crippen molar-refractivity contribution >= 4 is 5.57 Å². The van der Waals surface area contributed by atoms with Crippen molar-refractivity contribution in [2.75, 3.05) is 14.2 Å². The van der Waals surface area contributed by atoms with E-state index in [1.807, 2.05) is 18.2 Å². The summed E-state index contributed by atoms with van der Waals surface area (Å²) in [6.45, 7) is 12.9. The van der Waals surface area contributed by atoms with Crippen molar-refractivity contribution in [3.63, 3.8) is 0 Å². The molecule has 2 N–H and O–H groups in total. The molecule has 0 saturated heterocycles. The van der Waals surface area contributed by atoms with Gasteiger partial charge in [-0.25, -0.2) is 0 Å². The fourth-order valence-corrected chi connectivity index (χ4v) is 4.88. The maximum absolute atomic E-state index is 11.7. The molecular formula is C22H34O4. The highest BCUT2D eigenvalue weighted by Crippen LogP contribution is 2.63. The molecule has 1 atom stereocenters. The molecular weight excluding hydrogens is 328 g/mol. The minimum absolute atomic E-state index is 0.137. The van der Waals surface area contributed by atoms with Gasteiger partial charge in [0.1, 0.15) is 5.75 Å². The summed E-state index contributed by atoms with van der Waals surface area (Å²) in [5, 5.41) is 22.1. The number of phenolic OH excluding ortho intramolecular Hbond substituents is 1. The van der Waals surface area contributed by atoms with Crippen LogP contribution in [0, 0.1) is 16.2 Å². The van der Waals surface area contributed by atoms with E-state index >= 15 is 0 Å². The van der Waals surface area contributed by atoms with Gasteiger partial charge in [-0.05, 0) is 28.5 Å². The lowest BCUT2D eigenvalue weighted by molar-refractivity contribution is -0.239. The summed E-state index contributed by atoms with van der Waals surface area (Å²) in [5.41, 5.74) is 0.186. The minimum Gasteiger partial charge on any atom is -0.507 e. The molecule has 0 radical (unpaired) electrons.